The molecule has 1 heterocycles. The van der Waals surface area contributed by atoms with E-state index in [4.69, 9.17) is 16.0 Å². The summed E-state index contributed by atoms with van der Waals surface area (Å²) in [6.45, 7) is 0. The summed E-state index contributed by atoms with van der Waals surface area (Å²) >= 11 is 6.03. The minimum Gasteiger partial charge on any atom is -0.748 e. The average Bonchev–Trinajstić information content (AvgIpc) is 3.24. The molecule has 122 valence electrons. The van der Waals surface area contributed by atoms with Crippen LogP contribution in [0.15, 0.2) is 88.1 Å². The fourth-order valence-corrected chi connectivity index (χ4v) is 2.36. The fraction of sp³-hybridized carbons (Fsp3) is 0. The largest absolute Gasteiger partial charge is 0.748 e. The SMILES string of the molecule is O=c1cc(-[c-]2cccc2)oc2c(Cl)cccc12.[Fe].[cH-]1[cH-][cH-][cH-][cH-]1. The minimum atomic E-state index is -0.0787. The molecule has 1 aromatic heterocycles. The molecule has 4 heteroatoms. The molecule has 0 fully saturated rings. The molecule has 0 aliphatic carbocycles. The zero-order chi connectivity index (χ0) is 15.4. The second-order valence-corrected chi connectivity index (χ2v) is 5.13. The molecule has 0 radical (unpaired) electrons. The van der Waals surface area contributed by atoms with Gasteiger partial charge in [0.05, 0.1) is 16.2 Å². The van der Waals surface area contributed by atoms with Crippen molar-refractivity contribution in [2.75, 3.05) is 0 Å². The molecule has 0 saturated carbocycles. The second-order valence-electron chi connectivity index (χ2n) is 4.73. The van der Waals surface area contributed by atoms with Gasteiger partial charge in [-0.3, -0.25) is 0 Å². The van der Waals surface area contributed by atoms with Gasteiger partial charge >= 0.3 is 0 Å². The van der Waals surface area contributed by atoms with E-state index in [0.717, 1.165) is 5.56 Å². The number of halogens is 1. The van der Waals surface area contributed by atoms with Crippen molar-refractivity contribution < 1.29 is 21.5 Å². The predicted octanol–water partition coefficient (Wildman–Crippen LogP) is 5.24. The molecular weight excluding hydrogens is 352 g/mol. The summed E-state index contributed by atoms with van der Waals surface area (Å²) in [5.41, 5.74) is 1.24. The van der Waals surface area contributed by atoms with E-state index in [-0.39, 0.29) is 22.5 Å². The zero-order valence-corrected chi connectivity index (χ0v) is 13.9. The third-order valence-electron chi connectivity index (χ3n) is 3.21. The maximum atomic E-state index is 11.9. The Morgan fingerprint density at radius 1 is 0.957 bits per heavy atom. The van der Waals surface area contributed by atoms with Crippen molar-refractivity contribution in [3.8, 4) is 11.3 Å². The van der Waals surface area contributed by atoms with Crippen molar-refractivity contribution in [2.24, 2.45) is 0 Å². The number of rotatable bonds is 1. The molecule has 0 aliphatic heterocycles. The molecule has 0 saturated heterocycles. The smallest absolute Gasteiger partial charge is 0.153 e. The molecule has 4 aromatic rings. The summed E-state index contributed by atoms with van der Waals surface area (Å²) in [6, 6.07) is 24.2. The minimum absolute atomic E-state index is 0. The Hall–Kier alpha value is -2.06. The van der Waals surface area contributed by atoms with Crippen molar-refractivity contribution in [1.29, 1.82) is 0 Å². The summed E-state index contributed by atoms with van der Waals surface area (Å²) in [6.07, 6.45) is 0. The van der Waals surface area contributed by atoms with Crippen LogP contribution in [-0.4, -0.2) is 0 Å². The molecule has 0 spiro atoms. The van der Waals surface area contributed by atoms with Crippen LogP contribution in [0.4, 0.5) is 0 Å². The number of benzene rings is 1. The summed E-state index contributed by atoms with van der Waals surface area (Å²) in [7, 11) is 0. The van der Waals surface area contributed by atoms with Gasteiger partial charge in [-0.25, -0.2) is 0 Å². The Balaban J connectivity index is 0.000000276. The molecule has 0 N–H and O–H groups in total. The van der Waals surface area contributed by atoms with E-state index in [1.54, 1.807) is 18.2 Å². The van der Waals surface area contributed by atoms with Crippen LogP contribution in [0, 0.1) is 0 Å². The molecule has 23 heavy (non-hydrogen) atoms. The van der Waals surface area contributed by atoms with E-state index < -0.39 is 0 Å². The summed E-state index contributed by atoms with van der Waals surface area (Å²) in [4.78, 5) is 11.9. The molecule has 0 atom stereocenters. The second kappa shape index (κ2) is 7.98. The molecule has 4 rings (SSSR count). The summed E-state index contributed by atoms with van der Waals surface area (Å²) in [5.74, 6) is 0.542. The maximum Gasteiger partial charge on any atom is 0.153 e. The average molecular weight is 365 g/mol. The molecule has 0 bridgehead atoms. The Labute approximate surface area is 149 Å². The van der Waals surface area contributed by atoms with Crippen molar-refractivity contribution in [3.05, 3.63) is 94.1 Å². The molecule has 0 unspecified atom stereocenters. The first-order chi connectivity index (χ1) is 10.8. The number of hydrogen-bond donors (Lipinski definition) is 0. The molecule has 3 aromatic carbocycles. The predicted molar refractivity (Wildman–Crippen MR) is 90.6 cm³/mol. The summed E-state index contributed by atoms with van der Waals surface area (Å²) < 4.78 is 5.69. The van der Waals surface area contributed by atoms with Gasteiger partial charge in [-0.1, -0.05) is 23.2 Å². The van der Waals surface area contributed by atoms with Crippen molar-refractivity contribution in [1.82, 2.24) is 0 Å². The van der Waals surface area contributed by atoms with Gasteiger partial charge in [-0.05, 0) is 18.2 Å². The van der Waals surface area contributed by atoms with Gasteiger partial charge in [0, 0.05) is 17.1 Å². The van der Waals surface area contributed by atoms with Crippen molar-refractivity contribution in [2.45, 2.75) is 0 Å². The van der Waals surface area contributed by atoms with Gasteiger partial charge in [-0.2, -0.15) is 12.1 Å². The number of fused-ring (bicyclic) bond motifs is 1. The third kappa shape index (κ3) is 4.02. The van der Waals surface area contributed by atoms with Crippen molar-refractivity contribution in [3.63, 3.8) is 0 Å². The van der Waals surface area contributed by atoms with E-state index >= 15 is 0 Å². The van der Waals surface area contributed by atoms with E-state index in [1.807, 2.05) is 54.6 Å². The van der Waals surface area contributed by atoms with Gasteiger partial charge in [0.2, 0.25) is 0 Å². The molecular formula is C19H13ClFeO2-6. The zero-order valence-electron chi connectivity index (χ0n) is 12.1. The Morgan fingerprint density at radius 3 is 2.17 bits per heavy atom. The van der Waals surface area contributed by atoms with Crippen LogP contribution in [-0.2, 0) is 17.1 Å². The van der Waals surface area contributed by atoms with E-state index in [9.17, 15) is 4.79 Å². The fourth-order valence-electron chi connectivity index (χ4n) is 2.14. The first-order valence-corrected chi connectivity index (χ1v) is 7.24. The van der Waals surface area contributed by atoms with Gasteiger partial charge in [-0.15, -0.1) is 12.1 Å². The first-order valence-electron chi connectivity index (χ1n) is 6.87. The number of hydrogen-bond acceptors (Lipinski definition) is 2. The molecule has 0 aliphatic rings. The van der Waals surface area contributed by atoms with Crippen molar-refractivity contribution >= 4 is 22.6 Å². The van der Waals surface area contributed by atoms with E-state index in [1.165, 1.54) is 6.07 Å². The first kappa shape index (κ1) is 17.3. The van der Waals surface area contributed by atoms with Crippen LogP contribution in [0.1, 0.15) is 0 Å². The topological polar surface area (TPSA) is 30.2 Å². The van der Waals surface area contributed by atoms with Gasteiger partial charge in [0.25, 0.3) is 0 Å². The van der Waals surface area contributed by atoms with Crippen LogP contribution >= 0.6 is 11.6 Å². The van der Waals surface area contributed by atoms with Crippen LogP contribution in [0.5, 0.6) is 0 Å². The quantitative estimate of drug-likeness (QED) is 0.342. The molecule has 0 amide bonds. The Bertz CT molecular complexity index is 889. The molecule has 2 nitrogen and oxygen atoms in total. The van der Waals surface area contributed by atoms with Gasteiger partial charge in [0.15, 0.2) is 11.0 Å². The monoisotopic (exact) mass is 364 g/mol. The van der Waals surface area contributed by atoms with Crippen LogP contribution in [0.25, 0.3) is 22.3 Å². The van der Waals surface area contributed by atoms with Crippen LogP contribution < -0.4 is 5.43 Å². The van der Waals surface area contributed by atoms with Gasteiger partial charge < -0.3 is 39.5 Å². The van der Waals surface area contributed by atoms with Gasteiger partial charge in [0.1, 0.15) is 0 Å². The normalized spacial score (nSPS) is 9.78. The third-order valence-corrected chi connectivity index (χ3v) is 3.51. The van der Waals surface area contributed by atoms with Crippen LogP contribution in [0.2, 0.25) is 5.02 Å². The maximum absolute atomic E-state index is 11.9. The van der Waals surface area contributed by atoms with E-state index in [2.05, 4.69) is 0 Å². The number of para-hydroxylation sites is 1. The Morgan fingerprint density at radius 2 is 1.57 bits per heavy atom. The standard InChI is InChI=1S/C14H8ClO2.C5H5.Fe/c15-11-7-3-6-10-12(16)8-13(17-14(10)11)9-4-1-2-5-9;1-2-4-5-3-1;/h1-8H;1-5H;/q-1;-5;. The summed E-state index contributed by atoms with van der Waals surface area (Å²) in [5, 5.41) is 0.959. The van der Waals surface area contributed by atoms with E-state index in [0.29, 0.717) is 21.8 Å². The van der Waals surface area contributed by atoms with Crippen LogP contribution in [0.3, 0.4) is 0 Å². The Kier molecular flexibility index (Phi) is 6.00.